The van der Waals surface area contributed by atoms with Crippen LogP contribution in [0.15, 0.2) is 90.3 Å². The Morgan fingerprint density at radius 3 is 2.54 bits per heavy atom. The highest BCUT2D eigenvalue weighted by Crippen LogP contribution is 2.46. The van der Waals surface area contributed by atoms with E-state index in [0.29, 0.717) is 12.5 Å². The number of rotatable bonds is 10. The van der Waals surface area contributed by atoms with Crippen LogP contribution in [0.4, 0.5) is 0 Å². The van der Waals surface area contributed by atoms with Crippen molar-refractivity contribution in [2.24, 2.45) is 10.9 Å². The van der Waals surface area contributed by atoms with Gasteiger partial charge in [-0.15, -0.1) is 0 Å². The van der Waals surface area contributed by atoms with Crippen molar-refractivity contribution >= 4 is 19.0 Å². The van der Waals surface area contributed by atoms with Gasteiger partial charge >= 0.3 is 0 Å². The molecule has 2 aromatic rings. The van der Waals surface area contributed by atoms with E-state index in [1.807, 2.05) is 13.1 Å². The quantitative estimate of drug-likeness (QED) is 0.109. The maximum Gasteiger partial charge on any atom is 0.213 e. The molecule has 0 radical (unpaired) electrons. The number of hydrogen-bond donors (Lipinski definition) is 1. The van der Waals surface area contributed by atoms with Crippen LogP contribution in [0.3, 0.4) is 0 Å². The minimum Gasteiger partial charge on any atom is -0.478 e. The Balaban J connectivity index is 1.65. The predicted octanol–water partition coefficient (Wildman–Crippen LogP) is 7.17. The first-order valence-corrected chi connectivity index (χ1v) is 18.9. The van der Waals surface area contributed by atoms with Crippen molar-refractivity contribution in [3.63, 3.8) is 0 Å². The highest BCUT2D eigenvalue weighted by molar-refractivity contribution is 6.89. The van der Waals surface area contributed by atoms with E-state index in [1.165, 1.54) is 60.9 Å². The summed E-state index contributed by atoms with van der Waals surface area (Å²) in [6.45, 7) is 22.8. The second-order valence-electron chi connectivity index (χ2n) is 13.1. The zero-order valence-electron chi connectivity index (χ0n) is 25.8. The molecule has 41 heavy (non-hydrogen) atoms. The van der Waals surface area contributed by atoms with Gasteiger partial charge in [-0.05, 0) is 61.2 Å². The van der Waals surface area contributed by atoms with Gasteiger partial charge in [0.2, 0.25) is 5.69 Å². The third-order valence-electron chi connectivity index (χ3n) is 9.35. The summed E-state index contributed by atoms with van der Waals surface area (Å²) in [5, 5.41) is 4.63. The van der Waals surface area contributed by atoms with Crippen LogP contribution in [-0.2, 0) is 11.2 Å². The Hall–Kier alpha value is -3.02. The number of aliphatic imine (C=N–C) groups is 1. The summed E-state index contributed by atoms with van der Waals surface area (Å²) in [6, 6.07) is 11.5. The summed E-state index contributed by atoms with van der Waals surface area (Å²) in [5.74, 6) is 1.54. The molecule has 1 aliphatic carbocycles. The van der Waals surface area contributed by atoms with Gasteiger partial charge in [-0.2, -0.15) is 4.57 Å². The van der Waals surface area contributed by atoms with Gasteiger partial charge in [0.1, 0.15) is 12.5 Å². The highest BCUT2D eigenvalue weighted by Gasteiger charge is 2.46. The lowest BCUT2D eigenvalue weighted by Gasteiger charge is -2.34. The summed E-state index contributed by atoms with van der Waals surface area (Å²) >= 11 is 0. The Bertz CT molecular complexity index is 1410. The molecule has 3 heterocycles. The molecule has 0 spiro atoms. The summed E-state index contributed by atoms with van der Waals surface area (Å²) in [5.41, 5.74) is 8.53. The first kappa shape index (κ1) is 29.5. The largest absolute Gasteiger partial charge is 0.478 e. The van der Waals surface area contributed by atoms with Crippen molar-refractivity contribution in [1.82, 2.24) is 5.32 Å². The van der Waals surface area contributed by atoms with Gasteiger partial charge in [-0.25, -0.2) is 0 Å². The van der Waals surface area contributed by atoms with Crippen molar-refractivity contribution in [3.05, 3.63) is 96.4 Å². The molecule has 2 aliphatic heterocycles. The molecule has 4 nitrogen and oxygen atoms in total. The maximum atomic E-state index is 5.91. The van der Waals surface area contributed by atoms with E-state index in [-0.39, 0.29) is 18.0 Å². The molecule has 1 N–H and O–H groups in total. The third kappa shape index (κ3) is 5.59. The molecule has 1 fully saturated rings. The third-order valence-corrected chi connectivity index (χ3v) is 11.4. The van der Waals surface area contributed by atoms with E-state index in [1.54, 1.807) is 10.8 Å². The van der Waals surface area contributed by atoms with Crippen molar-refractivity contribution in [3.8, 4) is 11.3 Å². The van der Waals surface area contributed by atoms with Crippen LogP contribution in [0.1, 0.15) is 62.1 Å². The van der Waals surface area contributed by atoms with Crippen LogP contribution in [0.2, 0.25) is 19.6 Å². The fraction of sp³-hybridized carbons (Fsp3) is 0.444. The van der Waals surface area contributed by atoms with Gasteiger partial charge in [0, 0.05) is 22.4 Å². The molecule has 3 aliphatic rings. The average molecular weight is 567 g/mol. The molecule has 1 aromatic heterocycles. The van der Waals surface area contributed by atoms with Crippen molar-refractivity contribution < 1.29 is 9.30 Å². The van der Waals surface area contributed by atoms with Gasteiger partial charge < -0.3 is 4.74 Å². The Labute approximate surface area is 248 Å². The van der Waals surface area contributed by atoms with Gasteiger partial charge in [0.15, 0.2) is 12.2 Å². The monoisotopic (exact) mass is 566 g/mol. The van der Waals surface area contributed by atoms with Gasteiger partial charge in [-0.3, -0.25) is 10.3 Å². The Morgan fingerprint density at radius 1 is 1.15 bits per heavy atom. The van der Waals surface area contributed by atoms with E-state index in [2.05, 4.69) is 98.8 Å². The molecule has 3 atom stereocenters. The fourth-order valence-corrected chi connectivity index (χ4v) is 9.04. The number of aromatic nitrogens is 1. The van der Waals surface area contributed by atoms with Crippen LogP contribution in [-0.4, -0.2) is 33.6 Å². The number of hydrogen-bond acceptors (Lipinski definition) is 3. The van der Waals surface area contributed by atoms with Crippen LogP contribution < -0.4 is 15.1 Å². The second kappa shape index (κ2) is 12.1. The number of nitrogens with zero attached hydrogens (tertiary/aromatic N) is 2. The molecule has 1 saturated carbocycles. The number of allylic oxidation sites excluding steroid dienone is 3. The smallest absolute Gasteiger partial charge is 0.213 e. The molecular formula is C36H48N3OSi+. The number of fused-ring (bicyclic) bond motifs is 3. The topological polar surface area (TPSA) is 37.5 Å². The zero-order chi connectivity index (χ0) is 29.3. The van der Waals surface area contributed by atoms with E-state index in [4.69, 9.17) is 9.73 Å². The minimum absolute atomic E-state index is 0.0602. The fourth-order valence-electron chi connectivity index (χ4n) is 7.37. The number of ether oxygens (including phenoxy) is 1. The van der Waals surface area contributed by atoms with E-state index in [0.717, 1.165) is 17.2 Å². The molecule has 5 heteroatoms. The molecule has 0 amide bonds. The molecular weight excluding hydrogens is 519 g/mol. The first-order valence-electron chi connectivity index (χ1n) is 15.4. The van der Waals surface area contributed by atoms with Crippen LogP contribution in [0, 0.1) is 5.92 Å². The number of nitrogens with one attached hydrogen (secondary N) is 1. The van der Waals surface area contributed by atoms with E-state index in [9.17, 15) is 0 Å². The lowest BCUT2D eigenvalue weighted by molar-refractivity contribution is -0.706. The van der Waals surface area contributed by atoms with E-state index < -0.39 is 8.07 Å². The Morgan fingerprint density at radius 2 is 1.88 bits per heavy atom. The summed E-state index contributed by atoms with van der Waals surface area (Å²) in [6.07, 6.45) is 14.6. The molecule has 0 bridgehead atoms. The highest BCUT2D eigenvalue weighted by atomic mass is 28.3. The molecule has 216 valence electrons. The van der Waals surface area contributed by atoms with Gasteiger partial charge in [-0.1, -0.05) is 89.7 Å². The molecule has 3 unspecified atom stereocenters. The predicted molar refractivity (Wildman–Crippen MR) is 176 cm³/mol. The van der Waals surface area contributed by atoms with Gasteiger partial charge in [0.25, 0.3) is 0 Å². The summed E-state index contributed by atoms with van der Waals surface area (Å²) < 4.78 is 8.43. The van der Waals surface area contributed by atoms with E-state index >= 15 is 0 Å². The second-order valence-corrected chi connectivity index (χ2v) is 18.1. The average Bonchev–Trinajstić information content (AvgIpc) is 3.30. The van der Waals surface area contributed by atoms with Crippen LogP contribution in [0.25, 0.3) is 11.3 Å². The summed E-state index contributed by atoms with van der Waals surface area (Å²) in [4.78, 5) is 5.27. The number of benzene rings is 1. The lowest BCUT2D eigenvalue weighted by Crippen LogP contribution is -2.54. The van der Waals surface area contributed by atoms with Crippen molar-refractivity contribution in [1.29, 1.82) is 0 Å². The van der Waals surface area contributed by atoms with Crippen molar-refractivity contribution in [2.75, 3.05) is 13.8 Å². The lowest BCUT2D eigenvalue weighted by atomic mass is 9.76. The normalized spacial score (nSPS) is 22.6. The zero-order valence-corrected chi connectivity index (χ0v) is 26.8. The summed E-state index contributed by atoms with van der Waals surface area (Å²) in [7, 11) is 0.250. The molecule has 0 saturated heterocycles. The first-order chi connectivity index (χ1) is 19.7. The molecule has 1 aromatic carbocycles. The SMILES string of the molecule is C=CC1=NC(C2c3ccccc3-c3cc(CC4CCCCC4)c([Si](C)(C)C)c[n+]3C2C=C)C(C)=C1C(=C)OCNC. The van der Waals surface area contributed by atoms with Crippen LogP contribution >= 0.6 is 0 Å². The maximum absolute atomic E-state index is 5.91. The van der Waals surface area contributed by atoms with Crippen LogP contribution in [0.5, 0.6) is 0 Å². The standard InChI is InChI=1S/C36H48N3OSi/c1-9-30-34(25(4)40-23-37-5)24(3)36(38-30)35-29-19-15-14-18-28(29)32-21-27(20-26-16-12-11-13-17-26)33(41(6,7)8)22-39(32)31(35)10-2/h9-10,14-15,18-19,21-22,26,31,35-37H,1-2,4,11-13,16-17,20,23H2,3,5-8H3/q+1. The minimum atomic E-state index is -1.62. The Kier molecular flexibility index (Phi) is 8.67. The molecule has 5 rings (SSSR count). The van der Waals surface area contributed by atoms with Gasteiger partial charge in [0.05, 0.1) is 25.7 Å². The van der Waals surface area contributed by atoms with Crippen molar-refractivity contribution in [2.45, 2.75) is 83.1 Å². The number of pyridine rings is 1.